The number of nitrogens with zero attached hydrogens (tertiary/aromatic N) is 1. The number of hydrogen-bond acceptors (Lipinski definition) is 3. The third-order valence-electron chi connectivity index (χ3n) is 4.18. The Morgan fingerprint density at radius 2 is 1.83 bits per heavy atom. The monoisotopic (exact) mass is 331 g/mol. The van der Waals surface area contributed by atoms with E-state index < -0.39 is 0 Å². The molecule has 2 nitrogen and oxygen atoms in total. The van der Waals surface area contributed by atoms with Crippen LogP contribution in [-0.4, -0.2) is 10.1 Å². The van der Waals surface area contributed by atoms with E-state index in [1.165, 1.54) is 11.1 Å². The minimum Gasteiger partial charge on any atom is -0.492 e. The lowest BCUT2D eigenvalue weighted by Gasteiger charge is -2.13. The first-order chi connectivity index (χ1) is 11.0. The van der Waals surface area contributed by atoms with Crippen molar-refractivity contribution in [1.29, 1.82) is 0 Å². The standard InChI is InChI=1S/C20H29NOS/c1-5-7-8-18-19(22)21-20(23-18)17(6-2)16-11-9-15(10-12-16)13-14(3)4/h9-12,14,17,22H,5-8,13H2,1-4H3. The second-order valence-corrected chi connectivity index (χ2v) is 7.82. The molecule has 2 aromatic rings. The van der Waals surface area contributed by atoms with Gasteiger partial charge >= 0.3 is 0 Å². The summed E-state index contributed by atoms with van der Waals surface area (Å²) in [6, 6.07) is 8.94. The first-order valence-electron chi connectivity index (χ1n) is 8.82. The summed E-state index contributed by atoms with van der Waals surface area (Å²) in [7, 11) is 0. The van der Waals surface area contributed by atoms with Gasteiger partial charge in [0.1, 0.15) is 5.01 Å². The van der Waals surface area contributed by atoms with Crippen LogP contribution in [0.25, 0.3) is 0 Å². The first-order valence-corrected chi connectivity index (χ1v) is 9.64. The van der Waals surface area contributed by atoms with Gasteiger partial charge in [-0.05, 0) is 42.7 Å². The molecule has 0 saturated heterocycles. The molecule has 1 atom stereocenters. The predicted octanol–water partition coefficient (Wildman–Crippen LogP) is 5.93. The van der Waals surface area contributed by atoms with Crippen molar-refractivity contribution in [2.75, 3.05) is 0 Å². The summed E-state index contributed by atoms with van der Waals surface area (Å²) in [5, 5.41) is 11.1. The SMILES string of the molecule is CCCCc1sc(C(CC)c2ccc(CC(C)C)cc2)nc1O. The van der Waals surface area contributed by atoms with Crippen molar-refractivity contribution >= 4 is 11.3 Å². The average molecular weight is 332 g/mol. The van der Waals surface area contributed by atoms with Gasteiger partial charge in [-0.1, -0.05) is 58.4 Å². The fourth-order valence-corrected chi connectivity index (χ4v) is 4.13. The molecule has 1 aromatic carbocycles. The maximum Gasteiger partial charge on any atom is 0.225 e. The molecule has 1 N–H and O–H groups in total. The van der Waals surface area contributed by atoms with Crippen molar-refractivity contribution in [3.8, 4) is 5.88 Å². The number of rotatable bonds is 8. The molecule has 1 unspecified atom stereocenters. The number of aryl methyl sites for hydroxylation is 1. The van der Waals surface area contributed by atoms with Gasteiger partial charge in [-0.3, -0.25) is 0 Å². The Morgan fingerprint density at radius 3 is 2.39 bits per heavy atom. The van der Waals surface area contributed by atoms with E-state index >= 15 is 0 Å². The van der Waals surface area contributed by atoms with E-state index in [4.69, 9.17) is 0 Å². The molecule has 0 fully saturated rings. The zero-order valence-electron chi connectivity index (χ0n) is 14.8. The topological polar surface area (TPSA) is 33.1 Å². The Hall–Kier alpha value is -1.35. The highest BCUT2D eigenvalue weighted by Crippen LogP contribution is 2.35. The fourth-order valence-electron chi connectivity index (χ4n) is 2.92. The molecule has 0 aliphatic carbocycles. The van der Waals surface area contributed by atoms with Crippen LogP contribution in [0.2, 0.25) is 0 Å². The lowest BCUT2D eigenvalue weighted by Crippen LogP contribution is -2.00. The van der Waals surface area contributed by atoms with Crippen LogP contribution in [0.3, 0.4) is 0 Å². The van der Waals surface area contributed by atoms with Crippen molar-refractivity contribution in [1.82, 2.24) is 4.98 Å². The predicted molar refractivity (Wildman–Crippen MR) is 99.5 cm³/mol. The Balaban J connectivity index is 2.18. The van der Waals surface area contributed by atoms with Gasteiger partial charge in [0.05, 0.1) is 4.88 Å². The maximum atomic E-state index is 10.1. The second kappa shape index (κ2) is 8.49. The number of aromatic nitrogens is 1. The number of aromatic hydroxyl groups is 1. The summed E-state index contributed by atoms with van der Waals surface area (Å²) in [4.78, 5) is 5.49. The van der Waals surface area contributed by atoms with Crippen molar-refractivity contribution in [3.63, 3.8) is 0 Å². The molecule has 1 aromatic heterocycles. The Kier molecular flexibility index (Phi) is 6.64. The largest absolute Gasteiger partial charge is 0.492 e. The van der Waals surface area contributed by atoms with Crippen LogP contribution in [0.1, 0.15) is 73.9 Å². The van der Waals surface area contributed by atoms with E-state index in [2.05, 4.69) is 56.9 Å². The van der Waals surface area contributed by atoms with Gasteiger partial charge in [0, 0.05) is 5.92 Å². The number of unbranched alkanes of at least 4 members (excludes halogenated alkanes) is 1. The van der Waals surface area contributed by atoms with Crippen LogP contribution in [0, 0.1) is 5.92 Å². The van der Waals surface area contributed by atoms with Crippen LogP contribution in [0.4, 0.5) is 0 Å². The summed E-state index contributed by atoms with van der Waals surface area (Å²) in [6.45, 7) is 8.86. The molecule has 1 heterocycles. The normalized spacial score (nSPS) is 12.7. The van der Waals surface area contributed by atoms with Crippen LogP contribution in [0.5, 0.6) is 5.88 Å². The maximum absolute atomic E-state index is 10.1. The van der Waals surface area contributed by atoms with E-state index in [0.717, 1.165) is 42.0 Å². The molecule has 2 rings (SSSR count). The molecule has 0 spiro atoms. The van der Waals surface area contributed by atoms with E-state index in [1.807, 2.05) is 0 Å². The fraction of sp³-hybridized carbons (Fsp3) is 0.550. The highest BCUT2D eigenvalue weighted by Gasteiger charge is 2.19. The molecular formula is C20H29NOS. The molecule has 0 amide bonds. The minimum atomic E-state index is 0.244. The highest BCUT2D eigenvalue weighted by molar-refractivity contribution is 7.12. The zero-order chi connectivity index (χ0) is 16.8. The lowest BCUT2D eigenvalue weighted by atomic mass is 9.94. The third-order valence-corrected chi connectivity index (χ3v) is 5.40. The first kappa shape index (κ1) is 18.0. The summed E-state index contributed by atoms with van der Waals surface area (Å²) >= 11 is 1.68. The van der Waals surface area contributed by atoms with Gasteiger partial charge < -0.3 is 5.11 Å². The van der Waals surface area contributed by atoms with Crippen LogP contribution in [0.15, 0.2) is 24.3 Å². The molecule has 0 radical (unpaired) electrons. The molecular weight excluding hydrogens is 302 g/mol. The van der Waals surface area contributed by atoms with Crippen molar-refractivity contribution in [3.05, 3.63) is 45.3 Å². The molecule has 0 aliphatic heterocycles. The minimum absolute atomic E-state index is 0.244. The van der Waals surface area contributed by atoms with Crippen LogP contribution in [-0.2, 0) is 12.8 Å². The Bertz CT molecular complexity index is 601. The quantitative estimate of drug-likeness (QED) is 0.650. The summed E-state index contributed by atoms with van der Waals surface area (Å²) in [6.07, 6.45) is 5.31. The van der Waals surface area contributed by atoms with E-state index in [1.54, 1.807) is 11.3 Å². The zero-order valence-corrected chi connectivity index (χ0v) is 15.6. The molecule has 0 aliphatic rings. The van der Waals surface area contributed by atoms with Gasteiger partial charge in [0.25, 0.3) is 0 Å². The highest BCUT2D eigenvalue weighted by atomic mass is 32.1. The molecule has 0 bridgehead atoms. The lowest BCUT2D eigenvalue weighted by molar-refractivity contribution is 0.448. The van der Waals surface area contributed by atoms with Gasteiger partial charge in [-0.15, -0.1) is 11.3 Å². The number of benzene rings is 1. The van der Waals surface area contributed by atoms with Gasteiger partial charge in [-0.25, -0.2) is 4.98 Å². The van der Waals surface area contributed by atoms with E-state index in [9.17, 15) is 5.11 Å². The molecule has 126 valence electrons. The second-order valence-electron chi connectivity index (χ2n) is 6.70. The molecule has 23 heavy (non-hydrogen) atoms. The van der Waals surface area contributed by atoms with Gasteiger partial charge in [0.2, 0.25) is 5.88 Å². The van der Waals surface area contributed by atoms with E-state index in [0.29, 0.717) is 5.92 Å². The number of thiazole rings is 1. The van der Waals surface area contributed by atoms with Crippen molar-refractivity contribution in [2.45, 2.75) is 65.7 Å². The van der Waals surface area contributed by atoms with Crippen LogP contribution >= 0.6 is 11.3 Å². The summed E-state index contributed by atoms with van der Waals surface area (Å²) in [5.74, 6) is 1.21. The number of hydrogen-bond donors (Lipinski definition) is 1. The van der Waals surface area contributed by atoms with Gasteiger partial charge in [-0.2, -0.15) is 0 Å². The summed E-state index contributed by atoms with van der Waals surface area (Å²) < 4.78 is 0. The Labute approximate surface area is 144 Å². The molecule has 0 saturated carbocycles. The Morgan fingerprint density at radius 1 is 1.13 bits per heavy atom. The van der Waals surface area contributed by atoms with Crippen LogP contribution < -0.4 is 0 Å². The summed E-state index contributed by atoms with van der Waals surface area (Å²) in [5.41, 5.74) is 2.69. The van der Waals surface area contributed by atoms with Crippen molar-refractivity contribution < 1.29 is 5.11 Å². The smallest absolute Gasteiger partial charge is 0.225 e. The average Bonchev–Trinajstić information content (AvgIpc) is 2.88. The van der Waals surface area contributed by atoms with E-state index in [-0.39, 0.29) is 11.8 Å². The van der Waals surface area contributed by atoms with Gasteiger partial charge in [0.15, 0.2) is 0 Å². The molecule has 3 heteroatoms. The third kappa shape index (κ3) is 4.81. The van der Waals surface area contributed by atoms with Crippen molar-refractivity contribution in [2.24, 2.45) is 5.92 Å².